The number of halogens is 2. The lowest BCUT2D eigenvalue weighted by Gasteiger charge is -2.21. The first-order chi connectivity index (χ1) is 6.89. The lowest BCUT2D eigenvalue weighted by Crippen LogP contribution is -2.00. The second-order valence-electron chi connectivity index (χ2n) is 2.25. The Hall–Kier alpha value is 0.920. The molecule has 0 spiro atoms. The van der Waals surface area contributed by atoms with E-state index in [-0.39, 0.29) is 0 Å². The Balaban J connectivity index is 5.09. The van der Waals surface area contributed by atoms with Gasteiger partial charge in [0, 0.05) is 0 Å². The molecular weight excluding hydrogens is 283 g/mol. The Morgan fingerprint density at radius 1 is 1.00 bits per heavy atom. The lowest BCUT2D eigenvalue weighted by molar-refractivity contribution is 0.164. The Morgan fingerprint density at radius 3 is 1.53 bits per heavy atom. The van der Waals surface area contributed by atoms with Crippen LogP contribution in [-0.4, -0.2) is 19.8 Å². The van der Waals surface area contributed by atoms with Crippen molar-refractivity contribution in [1.29, 1.82) is 0 Å². The van der Waals surface area contributed by atoms with Gasteiger partial charge in [0.05, 0.1) is 19.8 Å². The van der Waals surface area contributed by atoms with Crippen molar-refractivity contribution in [2.45, 2.75) is 20.8 Å². The Labute approximate surface area is 99.7 Å². The van der Waals surface area contributed by atoms with E-state index in [2.05, 4.69) is 4.52 Å². The van der Waals surface area contributed by atoms with Gasteiger partial charge >= 0.3 is 13.7 Å². The van der Waals surface area contributed by atoms with Crippen LogP contribution < -0.4 is 0 Å². The summed E-state index contributed by atoms with van der Waals surface area (Å²) >= 11 is 10.7. The van der Waals surface area contributed by atoms with Crippen LogP contribution in [0.15, 0.2) is 4.52 Å². The predicted molar refractivity (Wildman–Crippen MR) is 63.5 cm³/mol. The van der Waals surface area contributed by atoms with Crippen LogP contribution in [0.3, 0.4) is 0 Å². The van der Waals surface area contributed by atoms with E-state index in [9.17, 15) is 4.57 Å². The van der Waals surface area contributed by atoms with Gasteiger partial charge in [-0.2, -0.15) is 0 Å². The fourth-order valence-corrected chi connectivity index (χ4v) is 5.14. The van der Waals surface area contributed by atoms with Gasteiger partial charge in [-0.15, -0.1) is 4.52 Å². The topological polar surface area (TPSA) is 57.1 Å². The molecule has 0 radical (unpaired) electrons. The molecule has 0 aromatic carbocycles. The summed E-state index contributed by atoms with van der Waals surface area (Å²) in [5.41, 5.74) is 0. The molecular formula is C6H15Cl2NO4P2. The maximum atomic E-state index is 11.2. The van der Waals surface area contributed by atoms with Crippen molar-refractivity contribution in [3.05, 3.63) is 0 Å². The largest absolute Gasteiger partial charge is 0.368 e. The highest BCUT2D eigenvalue weighted by Gasteiger charge is 2.28. The zero-order valence-electron chi connectivity index (χ0n) is 8.85. The smallest absolute Gasteiger partial charge is 0.303 e. The van der Waals surface area contributed by atoms with E-state index >= 15 is 0 Å². The summed E-state index contributed by atoms with van der Waals surface area (Å²) in [6.07, 6.45) is 0. The van der Waals surface area contributed by atoms with E-state index < -0.39 is 13.7 Å². The number of hydrogen-bond acceptors (Lipinski definition) is 4. The van der Waals surface area contributed by atoms with E-state index in [1.165, 1.54) is 0 Å². The molecule has 92 valence electrons. The lowest BCUT2D eigenvalue weighted by atomic mass is 10.9. The van der Waals surface area contributed by atoms with Crippen LogP contribution in [0.2, 0.25) is 0 Å². The first kappa shape index (κ1) is 15.9. The molecule has 0 bridgehead atoms. The molecule has 0 fully saturated rings. The Morgan fingerprint density at radius 2 is 1.33 bits per heavy atom. The Kier molecular flexibility index (Phi) is 7.73. The third-order valence-electron chi connectivity index (χ3n) is 1.09. The summed E-state index contributed by atoms with van der Waals surface area (Å²) in [6.45, 7) is 6.17. The number of hydrogen-bond donors (Lipinski definition) is 0. The van der Waals surface area contributed by atoms with E-state index in [4.69, 9.17) is 36.1 Å². The molecule has 0 heterocycles. The van der Waals surface area contributed by atoms with Gasteiger partial charge in [-0.05, 0) is 43.3 Å². The molecule has 0 amide bonds. The van der Waals surface area contributed by atoms with Crippen LogP contribution in [0.25, 0.3) is 0 Å². The van der Waals surface area contributed by atoms with Crippen LogP contribution >= 0.6 is 36.2 Å². The quantitative estimate of drug-likeness (QED) is 0.643. The molecule has 15 heavy (non-hydrogen) atoms. The fraction of sp³-hybridized carbons (Fsp3) is 1.00. The molecule has 0 aliphatic carbocycles. The van der Waals surface area contributed by atoms with Crippen LogP contribution in [0.1, 0.15) is 20.8 Å². The van der Waals surface area contributed by atoms with Crippen molar-refractivity contribution in [1.82, 2.24) is 0 Å². The molecule has 0 aromatic rings. The highest BCUT2D eigenvalue weighted by molar-refractivity contribution is 8.09. The molecule has 0 aromatic heterocycles. The van der Waals surface area contributed by atoms with Crippen LogP contribution in [0.5, 0.6) is 0 Å². The van der Waals surface area contributed by atoms with Gasteiger partial charge < -0.3 is 13.6 Å². The molecule has 0 N–H and O–H groups in total. The van der Waals surface area contributed by atoms with Gasteiger partial charge in [0.1, 0.15) is 0 Å². The molecule has 5 nitrogen and oxygen atoms in total. The second-order valence-corrected chi connectivity index (χ2v) is 8.81. The minimum atomic E-state index is -3.63. The molecule has 0 unspecified atom stereocenters. The molecule has 0 atom stereocenters. The zero-order chi connectivity index (χ0) is 11.9. The standard InChI is InChI=1S/C6H15Cl2NO4P2/c1-4-11-15(12-5-2,13-6-3)9-14(7,8)10/h4-6H2,1-3H3. The van der Waals surface area contributed by atoms with Gasteiger partial charge in [-0.1, -0.05) is 0 Å². The van der Waals surface area contributed by atoms with E-state index in [0.29, 0.717) is 19.8 Å². The van der Waals surface area contributed by atoms with Gasteiger partial charge in [0.2, 0.25) is 0 Å². The first-order valence-corrected chi connectivity index (χ1v) is 9.42. The van der Waals surface area contributed by atoms with E-state index in [0.717, 1.165) is 0 Å². The van der Waals surface area contributed by atoms with Crippen LogP contribution in [0, 0.1) is 0 Å². The van der Waals surface area contributed by atoms with Gasteiger partial charge in [0.15, 0.2) is 0 Å². The fourth-order valence-electron chi connectivity index (χ4n) is 0.806. The summed E-state index contributed by atoms with van der Waals surface area (Å²) in [5.74, 6) is -3.63. The zero-order valence-corrected chi connectivity index (χ0v) is 12.2. The van der Waals surface area contributed by atoms with Crippen LogP contribution in [0.4, 0.5) is 0 Å². The maximum Gasteiger partial charge on any atom is 0.368 e. The Bertz CT molecular complexity index is 257. The highest BCUT2D eigenvalue weighted by Crippen LogP contribution is 2.69. The van der Waals surface area contributed by atoms with Gasteiger partial charge in [0.25, 0.3) is 0 Å². The third kappa shape index (κ3) is 6.96. The minimum Gasteiger partial charge on any atom is -0.303 e. The minimum absolute atomic E-state index is 0.311. The van der Waals surface area contributed by atoms with Crippen LogP contribution in [-0.2, 0) is 18.1 Å². The maximum absolute atomic E-state index is 11.2. The average Bonchev–Trinajstić information content (AvgIpc) is 2.01. The summed E-state index contributed by atoms with van der Waals surface area (Å²) in [7, 11) is -3.02. The summed E-state index contributed by atoms with van der Waals surface area (Å²) in [4.78, 5) is 0. The van der Waals surface area contributed by atoms with E-state index in [1.807, 2.05) is 0 Å². The normalized spacial score (nSPS) is 12.9. The second kappa shape index (κ2) is 7.29. The van der Waals surface area contributed by atoms with Crippen molar-refractivity contribution in [3.63, 3.8) is 0 Å². The first-order valence-electron chi connectivity index (χ1n) is 4.46. The molecule has 0 rings (SSSR count). The summed E-state index contributed by atoms with van der Waals surface area (Å²) < 4.78 is 30.6. The van der Waals surface area contributed by atoms with Crippen molar-refractivity contribution < 1.29 is 18.1 Å². The van der Waals surface area contributed by atoms with Crippen molar-refractivity contribution >= 4 is 36.2 Å². The van der Waals surface area contributed by atoms with Crippen molar-refractivity contribution in [3.8, 4) is 0 Å². The highest BCUT2D eigenvalue weighted by atomic mass is 35.9. The number of nitrogens with zero attached hydrogens (tertiary/aromatic N) is 1. The average molecular weight is 298 g/mol. The third-order valence-corrected chi connectivity index (χ3v) is 5.77. The molecule has 0 saturated heterocycles. The molecule has 0 aliphatic rings. The molecule has 0 aliphatic heterocycles. The van der Waals surface area contributed by atoms with Crippen molar-refractivity contribution in [2.75, 3.05) is 19.8 Å². The summed E-state index contributed by atoms with van der Waals surface area (Å²) in [5, 5.41) is 0. The summed E-state index contributed by atoms with van der Waals surface area (Å²) in [6, 6.07) is 0. The monoisotopic (exact) mass is 297 g/mol. The molecule has 9 heteroatoms. The predicted octanol–water partition coefficient (Wildman–Crippen LogP) is 4.63. The SMILES string of the molecule is CCOP(=NP(=O)(Cl)Cl)(OCC)OCC. The van der Waals surface area contributed by atoms with Crippen molar-refractivity contribution in [2.24, 2.45) is 4.52 Å². The van der Waals surface area contributed by atoms with Gasteiger partial charge in [-0.25, -0.2) is 0 Å². The van der Waals surface area contributed by atoms with E-state index in [1.54, 1.807) is 20.8 Å². The molecule has 0 saturated carbocycles. The number of rotatable bonds is 7. The van der Waals surface area contributed by atoms with Gasteiger partial charge in [-0.3, -0.25) is 4.57 Å².